The van der Waals surface area contributed by atoms with Gasteiger partial charge in [-0.25, -0.2) is 0 Å². The van der Waals surface area contributed by atoms with Crippen LogP contribution in [-0.4, -0.2) is 35.1 Å². The van der Waals surface area contributed by atoms with Crippen molar-refractivity contribution in [3.05, 3.63) is 18.0 Å². The summed E-state index contributed by atoms with van der Waals surface area (Å²) in [5.41, 5.74) is 1.20. The minimum atomic E-state index is 0.481. The lowest BCUT2D eigenvalue weighted by Gasteiger charge is -2.27. The molecule has 5 atom stereocenters. The van der Waals surface area contributed by atoms with Crippen LogP contribution in [0.15, 0.2) is 12.3 Å². The van der Waals surface area contributed by atoms with Gasteiger partial charge in [-0.05, 0) is 45.7 Å². The Morgan fingerprint density at radius 1 is 1.50 bits per heavy atom. The van der Waals surface area contributed by atoms with Gasteiger partial charge >= 0.3 is 0 Å². The van der Waals surface area contributed by atoms with Crippen LogP contribution >= 0.6 is 0 Å². The van der Waals surface area contributed by atoms with Crippen LogP contribution in [0.5, 0.6) is 0 Å². The number of ether oxygens (including phenoxy) is 1. The van der Waals surface area contributed by atoms with E-state index in [1.54, 1.807) is 0 Å². The van der Waals surface area contributed by atoms with Gasteiger partial charge in [0.2, 0.25) is 0 Å². The summed E-state index contributed by atoms with van der Waals surface area (Å²) in [5.74, 6) is 0.660. The highest BCUT2D eigenvalue weighted by Gasteiger charge is 2.43. The summed E-state index contributed by atoms with van der Waals surface area (Å²) in [5, 5.41) is 8.24. The molecule has 0 aromatic carbocycles. The molecule has 2 aliphatic heterocycles. The normalized spacial score (nSPS) is 31.6. The molecule has 2 aliphatic rings. The lowest BCUT2D eigenvalue weighted by molar-refractivity contribution is 0.0862. The molecule has 0 spiro atoms. The van der Waals surface area contributed by atoms with E-state index >= 15 is 0 Å². The number of likely N-dealkylation sites (N-methyl/N-ethyl adjacent to an activating group) is 1. The van der Waals surface area contributed by atoms with Gasteiger partial charge in [0.15, 0.2) is 0 Å². The van der Waals surface area contributed by atoms with Gasteiger partial charge in [0.25, 0.3) is 0 Å². The van der Waals surface area contributed by atoms with Gasteiger partial charge in [0.1, 0.15) is 0 Å². The standard InChI is InChI=1S/C16H27N3O/c1-4-11(2)19-8-7-12(18-19)9-15(17-3)14-10-13-5-6-16(14)20-13/h7-8,11,13-17H,4-6,9-10H2,1-3H3. The Hall–Kier alpha value is -0.870. The first-order chi connectivity index (χ1) is 9.71. The highest BCUT2D eigenvalue weighted by atomic mass is 16.5. The maximum atomic E-state index is 6.00. The molecule has 0 aliphatic carbocycles. The molecule has 1 aromatic rings. The van der Waals surface area contributed by atoms with E-state index in [4.69, 9.17) is 9.84 Å². The zero-order valence-electron chi connectivity index (χ0n) is 12.9. The number of hydrogen-bond donors (Lipinski definition) is 1. The summed E-state index contributed by atoms with van der Waals surface area (Å²) in [6, 6.07) is 3.15. The van der Waals surface area contributed by atoms with Crippen molar-refractivity contribution < 1.29 is 4.74 Å². The molecule has 2 saturated heterocycles. The quantitative estimate of drug-likeness (QED) is 0.868. The highest BCUT2D eigenvalue weighted by Crippen LogP contribution is 2.40. The molecule has 1 aromatic heterocycles. The zero-order chi connectivity index (χ0) is 14.1. The van der Waals surface area contributed by atoms with Crippen molar-refractivity contribution in [3.63, 3.8) is 0 Å². The third kappa shape index (κ3) is 2.63. The maximum absolute atomic E-state index is 6.00. The van der Waals surface area contributed by atoms with Crippen LogP contribution in [0.1, 0.15) is 51.3 Å². The highest BCUT2D eigenvalue weighted by molar-refractivity contribution is 5.05. The van der Waals surface area contributed by atoms with Gasteiger partial charge in [-0.3, -0.25) is 4.68 Å². The summed E-state index contributed by atoms with van der Waals surface area (Å²) in [6.07, 6.45) is 8.99. The van der Waals surface area contributed by atoms with E-state index in [2.05, 4.69) is 43.2 Å². The van der Waals surface area contributed by atoms with Crippen LogP contribution in [0.4, 0.5) is 0 Å². The molecule has 4 nitrogen and oxygen atoms in total. The third-order valence-corrected chi connectivity index (χ3v) is 5.18. The number of nitrogens with one attached hydrogen (secondary N) is 1. The molecule has 4 heteroatoms. The van der Waals surface area contributed by atoms with Crippen molar-refractivity contribution in [2.75, 3.05) is 7.05 Å². The van der Waals surface area contributed by atoms with Crippen LogP contribution < -0.4 is 5.32 Å². The predicted molar refractivity (Wildman–Crippen MR) is 79.8 cm³/mol. The topological polar surface area (TPSA) is 39.1 Å². The van der Waals surface area contributed by atoms with Gasteiger partial charge in [-0.1, -0.05) is 6.92 Å². The van der Waals surface area contributed by atoms with Crippen LogP contribution in [0, 0.1) is 5.92 Å². The predicted octanol–water partition coefficient (Wildman–Crippen LogP) is 2.55. The smallest absolute Gasteiger partial charge is 0.0640 e. The Kier molecular flexibility index (Phi) is 4.13. The summed E-state index contributed by atoms with van der Waals surface area (Å²) in [7, 11) is 2.07. The molecule has 2 fully saturated rings. The first kappa shape index (κ1) is 14.1. The first-order valence-electron chi connectivity index (χ1n) is 8.08. The second kappa shape index (κ2) is 5.86. The fourth-order valence-electron chi connectivity index (χ4n) is 3.71. The lowest BCUT2D eigenvalue weighted by Crippen LogP contribution is -2.40. The van der Waals surface area contributed by atoms with E-state index in [0.29, 0.717) is 30.2 Å². The molecule has 112 valence electrons. The van der Waals surface area contributed by atoms with E-state index in [9.17, 15) is 0 Å². The summed E-state index contributed by atoms with van der Waals surface area (Å²) >= 11 is 0. The molecule has 5 unspecified atom stereocenters. The van der Waals surface area contributed by atoms with Gasteiger partial charge in [-0.2, -0.15) is 5.10 Å². The number of hydrogen-bond acceptors (Lipinski definition) is 3. The van der Waals surface area contributed by atoms with E-state index in [0.717, 1.165) is 12.8 Å². The molecule has 3 rings (SSSR count). The van der Waals surface area contributed by atoms with Crippen molar-refractivity contribution in [2.45, 2.75) is 70.2 Å². The Bertz CT molecular complexity index is 445. The Labute approximate surface area is 121 Å². The van der Waals surface area contributed by atoms with Gasteiger partial charge in [0, 0.05) is 30.6 Å². The van der Waals surface area contributed by atoms with E-state index in [-0.39, 0.29) is 0 Å². The van der Waals surface area contributed by atoms with Gasteiger partial charge < -0.3 is 10.1 Å². The van der Waals surface area contributed by atoms with Crippen molar-refractivity contribution in [1.29, 1.82) is 0 Å². The van der Waals surface area contributed by atoms with Gasteiger partial charge in [-0.15, -0.1) is 0 Å². The molecular weight excluding hydrogens is 250 g/mol. The lowest BCUT2D eigenvalue weighted by atomic mass is 9.82. The summed E-state index contributed by atoms with van der Waals surface area (Å²) < 4.78 is 8.10. The van der Waals surface area contributed by atoms with E-state index < -0.39 is 0 Å². The van der Waals surface area contributed by atoms with Crippen molar-refractivity contribution in [1.82, 2.24) is 15.1 Å². The second-order valence-electron chi connectivity index (χ2n) is 6.42. The van der Waals surface area contributed by atoms with E-state index in [1.807, 2.05) is 0 Å². The Balaban J connectivity index is 1.64. The molecule has 2 bridgehead atoms. The van der Waals surface area contributed by atoms with Crippen LogP contribution in [0.2, 0.25) is 0 Å². The summed E-state index contributed by atoms with van der Waals surface area (Å²) in [6.45, 7) is 4.42. The minimum absolute atomic E-state index is 0.481. The van der Waals surface area contributed by atoms with Crippen LogP contribution in [-0.2, 0) is 11.2 Å². The maximum Gasteiger partial charge on any atom is 0.0640 e. The monoisotopic (exact) mass is 277 g/mol. The van der Waals surface area contributed by atoms with Crippen LogP contribution in [0.3, 0.4) is 0 Å². The average molecular weight is 277 g/mol. The first-order valence-corrected chi connectivity index (χ1v) is 8.08. The zero-order valence-corrected chi connectivity index (χ0v) is 12.9. The molecule has 0 amide bonds. The SMILES string of the molecule is CCC(C)n1ccc(CC(NC)C2CC3CCC2O3)n1. The number of fused-ring (bicyclic) bond motifs is 2. The molecule has 0 radical (unpaired) electrons. The number of aromatic nitrogens is 2. The largest absolute Gasteiger partial charge is 0.375 e. The Morgan fingerprint density at radius 2 is 2.35 bits per heavy atom. The van der Waals surface area contributed by atoms with Crippen molar-refractivity contribution >= 4 is 0 Å². The molecule has 3 heterocycles. The van der Waals surface area contributed by atoms with Crippen molar-refractivity contribution in [2.24, 2.45) is 5.92 Å². The fraction of sp³-hybridized carbons (Fsp3) is 0.812. The third-order valence-electron chi connectivity index (χ3n) is 5.18. The average Bonchev–Trinajstić information content (AvgIpc) is 3.19. The molecular formula is C16H27N3O. The van der Waals surface area contributed by atoms with Gasteiger partial charge in [0.05, 0.1) is 17.9 Å². The Morgan fingerprint density at radius 3 is 2.95 bits per heavy atom. The summed E-state index contributed by atoms with van der Waals surface area (Å²) in [4.78, 5) is 0. The number of rotatable bonds is 6. The van der Waals surface area contributed by atoms with E-state index in [1.165, 1.54) is 25.0 Å². The molecule has 20 heavy (non-hydrogen) atoms. The second-order valence-corrected chi connectivity index (χ2v) is 6.42. The molecule has 0 saturated carbocycles. The molecule has 1 N–H and O–H groups in total. The van der Waals surface area contributed by atoms with Crippen molar-refractivity contribution in [3.8, 4) is 0 Å². The minimum Gasteiger partial charge on any atom is -0.375 e. The van der Waals surface area contributed by atoms with Crippen LogP contribution in [0.25, 0.3) is 0 Å². The number of nitrogens with zero attached hydrogens (tertiary/aromatic N) is 2. The fourth-order valence-corrected chi connectivity index (χ4v) is 3.71.